The molecular weight excluding hydrogens is 695 g/mol. The van der Waals surface area contributed by atoms with Crippen molar-refractivity contribution in [1.82, 2.24) is 15.6 Å². The summed E-state index contributed by atoms with van der Waals surface area (Å²) in [6.45, 7) is 4.77. The van der Waals surface area contributed by atoms with Gasteiger partial charge >= 0.3 is 0 Å². The molecule has 0 radical (unpaired) electrons. The van der Waals surface area contributed by atoms with Crippen LogP contribution in [0.3, 0.4) is 0 Å². The number of nitriles is 1. The molecule has 272 valence electrons. The van der Waals surface area contributed by atoms with Crippen molar-refractivity contribution in [2.45, 2.75) is 51.7 Å². The first kappa shape index (κ1) is 39.8. The van der Waals surface area contributed by atoms with Crippen LogP contribution in [0.5, 0.6) is 17.2 Å². The van der Waals surface area contributed by atoms with Crippen LogP contribution in [-0.2, 0) is 19.8 Å². The molecular formula is C38H44Cl2N4O7. The molecule has 11 nitrogen and oxygen atoms in total. The van der Waals surface area contributed by atoms with Crippen LogP contribution in [0.2, 0.25) is 10.0 Å². The van der Waals surface area contributed by atoms with Crippen LogP contribution in [0, 0.1) is 18.3 Å². The highest BCUT2D eigenvalue weighted by Crippen LogP contribution is 2.38. The van der Waals surface area contributed by atoms with E-state index in [1.54, 1.807) is 31.3 Å². The SMILES string of the molecule is Cc1c(COc2cc(OCc3cncc(C#N)c3)c(CNC(C)(CO)CO)cc2Cl)cccc1-c1cccc(OCCCNCC(O)CO)c1Cl. The van der Waals surface area contributed by atoms with Crippen molar-refractivity contribution in [2.24, 2.45) is 0 Å². The van der Waals surface area contributed by atoms with E-state index in [2.05, 4.69) is 21.7 Å². The number of aliphatic hydroxyl groups is 4. The molecule has 4 aromatic rings. The van der Waals surface area contributed by atoms with E-state index in [0.717, 1.165) is 22.3 Å². The van der Waals surface area contributed by atoms with Gasteiger partial charge in [-0.2, -0.15) is 5.26 Å². The van der Waals surface area contributed by atoms with Crippen LogP contribution in [0.15, 0.2) is 67.0 Å². The third-order valence-electron chi connectivity index (χ3n) is 8.27. The average Bonchev–Trinajstić information content (AvgIpc) is 3.15. The fourth-order valence-electron chi connectivity index (χ4n) is 5.05. The third-order valence-corrected chi connectivity index (χ3v) is 8.95. The van der Waals surface area contributed by atoms with Crippen molar-refractivity contribution in [2.75, 3.05) is 39.5 Å². The molecule has 0 amide bonds. The van der Waals surface area contributed by atoms with Gasteiger partial charge in [0, 0.05) is 48.2 Å². The second-order valence-corrected chi connectivity index (χ2v) is 13.1. The lowest BCUT2D eigenvalue weighted by atomic mass is 9.96. The van der Waals surface area contributed by atoms with Crippen LogP contribution in [0.4, 0.5) is 0 Å². The number of hydrogen-bond donors (Lipinski definition) is 6. The molecule has 0 fully saturated rings. The van der Waals surface area contributed by atoms with E-state index < -0.39 is 11.6 Å². The van der Waals surface area contributed by atoms with Crippen molar-refractivity contribution in [3.05, 3.63) is 105 Å². The summed E-state index contributed by atoms with van der Waals surface area (Å²) in [6.07, 6.45) is 3.00. The lowest BCUT2D eigenvalue weighted by Crippen LogP contribution is -2.48. The average molecular weight is 740 g/mol. The zero-order chi connectivity index (χ0) is 36.8. The molecule has 0 saturated carbocycles. The van der Waals surface area contributed by atoms with Crippen molar-refractivity contribution in [3.63, 3.8) is 0 Å². The Morgan fingerprint density at radius 1 is 0.902 bits per heavy atom. The van der Waals surface area contributed by atoms with Crippen LogP contribution < -0.4 is 24.8 Å². The first-order chi connectivity index (χ1) is 24.6. The highest BCUT2D eigenvalue weighted by Gasteiger charge is 2.23. The number of benzene rings is 3. The number of pyridine rings is 1. The molecule has 0 bridgehead atoms. The van der Waals surface area contributed by atoms with Crippen molar-refractivity contribution in [3.8, 4) is 34.4 Å². The van der Waals surface area contributed by atoms with E-state index in [1.807, 2.05) is 43.3 Å². The molecule has 0 aliphatic heterocycles. The second-order valence-electron chi connectivity index (χ2n) is 12.3. The van der Waals surface area contributed by atoms with Crippen molar-refractivity contribution < 1.29 is 34.6 Å². The Balaban J connectivity index is 1.50. The maximum Gasteiger partial charge on any atom is 0.142 e. The van der Waals surface area contributed by atoms with E-state index in [1.165, 1.54) is 6.20 Å². The first-order valence-electron chi connectivity index (χ1n) is 16.5. The second kappa shape index (κ2) is 19.6. The molecule has 3 aromatic carbocycles. The number of rotatable bonds is 20. The lowest BCUT2D eigenvalue weighted by molar-refractivity contribution is 0.0942. The number of hydrogen-bond acceptors (Lipinski definition) is 11. The van der Waals surface area contributed by atoms with Crippen molar-refractivity contribution in [1.29, 1.82) is 5.26 Å². The zero-order valence-electron chi connectivity index (χ0n) is 28.7. The first-order valence-corrected chi connectivity index (χ1v) is 17.3. The zero-order valence-corrected chi connectivity index (χ0v) is 30.2. The predicted octanol–water partition coefficient (Wildman–Crippen LogP) is 4.94. The minimum absolute atomic E-state index is 0.129. The third kappa shape index (κ3) is 11.3. The Hall–Kier alpha value is -3.96. The molecule has 1 heterocycles. The van der Waals surface area contributed by atoms with Gasteiger partial charge in [-0.25, -0.2) is 0 Å². The largest absolute Gasteiger partial charge is 0.492 e. The summed E-state index contributed by atoms with van der Waals surface area (Å²) in [5, 5.41) is 54.3. The number of nitrogens with one attached hydrogen (secondary N) is 2. The van der Waals surface area contributed by atoms with Crippen LogP contribution in [-0.4, -0.2) is 76.6 Å². The number of nitrogens with zero attached hydrogens (tertiary/aromatic N) is 2. The maximum atomic E-state index is 9.77. The van der Waals surface area contributed by atoms with Gasteiger partial charge in [-0.05, 0) is 61.7 Å². The van der Waals surface area contributed by atoms with Crippen LogP contribution in [0.1, 0.15) is 41.2 Å². The quantitative estimate of drug-likeness (QED) is 0.0680. The van der Waals surface area contributed by atoms with Gasteiger partial charge in [-0.1, -0.05) is 53.5 Å². The Morgan fingerprint density at radius 3 is 2.39 bits per heavy atom. The summed E-state index contributed by atoms with van der Waals surface area (Å²) in [7, 11) is 0. The number of aromatic nitrogens is 1. The molecule has 0 saturated heterocycles. The molecule has 1 unspecified atom stereocenters. The number of halogens is 2. The highest BCUT2D eigenvalue weighted by atomic mass is 35.5. The number of ether oxygens (including phenoxy) is 3. The molecule has 1 aromatic heterocycles. The summed E-state index contributed by atoms with van der Waals surface area (Å²) >= 11 is 13.6. The molecule has 0 aliphatic carbocycles. The fraction of sp³-hybridized carbons (Fsp3) is 0.368. The smallest absolute Gasteiger partial charge is 0.142 e. The minimum Gasteiger partial charge on any atom is -0.492 e. The fourth-order valence-corrected chi connectivity index (χ4v) is 5.57. The van der Waals surface area contributed by atoms with Crippen LogP contribution >= 0.6 is 23.2 Å². The van der Waals surface area contributed by atoms with Gasteiger partial charge in [-0.15, -0.1) is 0 Å². The van der Waals surface area contributed by atoms with Gasteiger partial charge < -0.3 is 45.3 Å². The topological polar surface area (TPSA) is 169 Å². The number of aliphatic hydroxyl groups excluding tert-OH is 4. The van der Waals surface area contributed by atoms with Gasteiger partial charge in [0.2, 0.25) is 0 Å². The standard InChI is InChI=1S/C38H44Cl2N4O7/c1-25-28(6-3-7-31(25)32-8-4-9-34(37(32)40)49-11-5-10-42-19-30(48)20-45)22-51-36-14-35(50-21-27-12-26(15-41)16-43-17-27)29(13-33(36)39)18-44-38(2,23-46)24-47/h3-4,6-9,12-14,16-17,30,42,44-48H,5,10-11,18-24H2,1-2H3. The lowest BCUT2D eigenvalue weighted by Gasteiger charge is -2.27. The molecule has 1 atom stereocenters. The Labute approximate surface area is 308 Å². The van der Waals surface area contributed by atoms with Gasteiger partial charge in [0.1, 0.15) is 36.5 Å². The van der Waals surface area contributed by atoms with Crippen molar-refractivity contribution >= 4 is 23.2 Å². The highest BCUT2D eigenvalue weighted by molar-refractivity contribution is 6.35. The molecule has 51 heavy (non-hydrogen) atoms. The van der Waals surface area contributed by atoms with E-state index in [4.69, 9.17) is 42.5 Å². The normalized spacial score (nSPS) is 12.0. The van der Waals surface area contributed by atoms with E-state index in [-0.39, 0.29) is 39.6 Å². The monoisotopic (exact) mass is 738 g/mol. The summed E-state index contributed by atoms with van der Waals surface area (Å²) in [5.74, 6) is 1.42. The Kier molecular flexibility index (Phi) is 15.3. The Morgan fingerprint density at radius 2 is 1.65 bits per heavy atom. The van der Waals surface area contributed by atoms with Gasteiger partial charge in [-0.3, -0.25) is 4.98 Å². The summed E-state index contributed by atoms with van der Waals surface area (Å²) in [6, 6.07) is 18.8. The minimum atomic E-state index is -0.926. The molecule has 4 rings (SSSR count). The Bertz CT molecular complexity index is 1780. The summed E-state index contributed by atoms with van der Waals surface area (Å²) in [5.41, 5.74) is 4.49. The van der Waals surface area contributed by atoms with Gasteiger partial charge in [0.25, 0.3) is 0 Å². The maximum absolute atomic E-state index is 9.77. The molecule has 0 aliphatic rings. The summed E-state index contributed by atoms with van der Waals surface area (Å²) < 4.78 is 18.4. The van der Waals surface area contributed by atoms with Crippen LogP contribution in [0.25, 0.3) is 11.1 Å². The van der Waals surface area contributed by atoms with Gasteiger partial charge in [0.05, 0.1) is 53.7 Å². The molecule has 13 heteroatoms. The predicted molar refractivity (Wildman–Crippen MR) is 196 cm³/mol. The van der Waals surface area contributed by atoms with E-state index in [9.17, 15) is 20.6 Å². The molecule has 0 spiro atoms. The van der Waals surface area contributed by atoms with E-state index in [0.29, 0.717) is 70.1 Å². The van der Waals surface area contributed by atoms with Gasteiger partial charge in [0.15, 0.2) is 0 Å². The molecule has 6 N–H and O–H groups in total. The van der Waals surface area contributed by atoms with E-state index >= 15 is 0 Å². The summed E-state index contributed by atoms with van der Waals surface area (Å²) in [4.78, 5) is 4.11.